The van der Waals surface area contributed by atoms with Crippen LogP contribution in [-0.4, -0.2) is 44.1 Å². The minimum absolute atomic E-state index is 0.0146. The molecule has 3 aromatic rings. The van der Waals surface area contributed by atoms with Crippen LogP contribution in [0.25, 0.3) is 10.9 Å². The molecule has 0 saturated carbocycles. The Balaban J connectivity index is 1.49. The summed E-state index contributed by atoms with van der Waals surface area (Å²) in [5.41, 5.74) is 3.81. The number of nitrogens with one attached hydrogen (secondary N) is 1. The second-order valence-corrected chi connectivity index (χ2v) is 7.52. The van der Waals surface area contributed by atoms with E-state index in [1.807, 2.05) is 42.3 Å². The molecule has 1 aliphatic carbocycles. The van der Waals surface area contributed by atoms with Crippen LogP contribution in [0.1, 0.15) is 46.8 Å². The van der Waals surface area contributed by atoms with Crippen LogP contribution in [0.2, 0.25) is 0 Å². The number of H-pyrrole nitrogens is 1. The molecule has 26 heavy (non-hydrogen) atoms. The molecule has 6 heteroatoms. The maximum Gasteiger partial charge on any atom is 0.275 e. The highest BCUT2D eigenvalue weighted by Gasteiger charge is 2.45. The second kappa shape index (κ2) is 5.62. The number of nitrogens with zero attached hydrogens (tertiary/aromatic N) is 4. The van der Waals surface area contributed by atoms with Gasteiger partial charge in [0.25, 0.3) is 5.91 Å². The fourth-order valence-corrected chi connectivity index (χ4v) is 4.61. The third-order valence-corrected chi connectivity index (χ3v) is 5.90. The van der Waals surface area contributed by atoms with Gasteiger partial charge in [-0.15, -0.1) is 0 Å². The molecule has 1 atom stereocenters. The molecule has 1 amide bonds. The normalized spacial score (nSPS) is 22.1. The number of aryl methyl sites for hydroxylation is 2. The molecular weight excluding hydrogens is 326 g/mol. The lowest BCUT2D eigenvalue weighted by Crippen LogP contribution is -2.48. The minimum Gasteiger partial charge on any atom is -0.336 e. The monoisotopic (exact) mass is 347 g/mol. The highest BCUT2D eigenvalue weighted by atomic mass is 16.2. The van der Waals surface area contributed by atoms with E-state index in [9.17, 15) is 4.79 Å². The molecule has 0 radical (unpaired) electrons. The summed E-state index contributed by atoms with van der Waals surface area (Å²) in [6.45, 7) is 3.44. The van der Waals surface area contributed by atoms with E-state index < -0.39 is 0 Å². The third kappa shape index (κ3) is 2.25. The number of aromatic nitrogens is 4. The number of benzene rings is 1. The van der Waals surface area contributed by atoms with Crippen LogP contribution in [0.4, 0.5) is 0 Å². The summed E-state index contributed by atoms with van der Waals surface area (Å²) in [5.74, 6) is 0.826. The summed E-state index contributed by atoms with van der Waals surface area (Å²) < 4.78 is 0. The van der Waals surface area contributed by atoms with Crippen LogP contribution in [0.3, 0.4) is 0 Å². The summed E-state index contributed by atoms with van der Waals surface area (Å²) in [7, 11) is 0. The fourth-order valence-electron chi connectivity index (χ4n) is 4.61. The van der Waals surface area contributed by atoms with Gasteiger partial charge >= 0.3 is 0 Å². The zero-order chi connectivity index (χ0) is 17.7. The maximum atomic E-state index is 13.2. The molecule has 5 rings (SSSR count). The van der Waals surface area contributed by atoms with Crippen molar-refractivity contribution in [3.8, 4) is 0 Å². The van der Waals surface area contributed by atoms with Crippen molar-refractivity contribution in [3.05, 3.63) is 53.2 Å². The molecule has 6 nitrogen and oxygen atoms in total. The van der Waals surface area contributed by atoms with E-state index in [4.69, 9.17) is 4.98 Å². The molecule has 1 spiro atoms. The standard InChI is InChI=1S/C20H21N5O/c1-13-21-11-14-7-9-20(18(14)22-13)8-4-10-25(12-20)19(26)17-15-5-2-3-6-16(15)23-24-17/h2-3,5-6,11H,4,7-10,12H2,1H3,(H,23,24). The van der Waals surface area contributed by atoms with E-state index in [2.05, 4.69) is 15.2 Å². The number of carbonyl (C=O) groups is 1. The number of carbonyl (C=O) groups excluding carboxylic acids is 1. The van der Waals surface area contributed by atoms with Gasteiger partial charge in [-0.3, -0.25) is 9.89 Å². The first-order valence-corrected chi connectivity index (χ1v) is 9.22. The number of amides is 1. The lowest BCUT2D eigenvalue weighted by molar-refractivity contribution is 0.0629. The van der Waals surface area contributed by atoms with E-state index in [0.29, 0.717) is 5.69 Å². The Hall–Kier alpha value is -2.76. The molecule has 2 aliphatic rings. The quantitative estimate of drug-likeness (QED) is 0.734. The zero-order valence-electron chi connectivity index (χ0n) is 14.8. The second-order valence-electron chi connectivity index (χ2n) is 7.52. The first kappa shape index (κ1) is 15.5. The van der Waals surface area contributed by atoms with Gasteiger partial charge < -0.3 is 4.90 Å². The molecule has 132 valence electrons. The summed E-state index contributed by atoms with van der Waals surface area (Å²) in [5, 5.41) is 8.17. The number of piperidine rings is 1. The number of hydrogen-bond acceptors (Lipinski definition) is 4. The molecule has 1 aromatic carbocycles. The highest BCUT2D eigenvalue weighted by Crippen LogP contribution is 2.44. The Labute approximate surface area is 151 Å². The molecule has 0 bridgehead atoms. The van der Waals surface area contributed by atoms with E-state index in [-0.39, 0.29) is 11.3 Å². The van der Waals surface area contributed by atoms with Crippen molar-refractivity contribution in [2.45, 2.75) is 38.0 Å². The first-order chi connectivity index (χ1) is 12.7. The van der Waals surface area contributed by atoms with Crippen LogP contribution in [0.15, 0.2) is 30.5 Å². The molecule has 3 heterocycles. The predicted octanol–water partition coefficient (Wildman–Crippen LogP) is 2.78. The van der Waals surface area contributed by atoms with E-state index >= 15 is 0 Å². The largest absolute Gasteiger partial charge is 0.336 e. The number of aromatic amines is 1. The summed E-state index contributed by atoms with van der Waals surface area (Å²) >= 11 is 0. The Morgan fingerprint density at radius 2 is 2.15 bits per heavy atom. The van der Waals surface area contributed by atoms with Crippen LogP contribution in [0, 0.1) is 6.92 Å². The topological polar surface area (TPSA) is 74.8 Å². The molecule has 1 fully saturated rings. The lowest BCUT2D eigenvalue weighted by Gasteiger charge is -2.40. The Morgan fingerprint density at radius 3 is 3.08 bits per heavy atom. The molecule has 1 N–H and O–H groups in total. The van der Waals surface area contributed by atoms with Crippen molar-refractivity contribution in [3.63, 3.8) is 0 Å². The van der Waals surface area contributed by atoms with Gasteiger partial charge in [0.15, 0.2) is 5.69 Å². The summed E-state index contributed by atoms with van der Waals surface area (Å²) in [6, 6.07) is 7.79. The molecule has 1 unspecified atom stereocenters. The van der Waals surface area contributed by atoms with Crippen LogP contribution >= 0.6 is 0 Å². The smallest absolute Gasteiger partial charge is 0.275 e. The van der Waals surface area contributed by atoms with Crippen molar-refractivity contribution in [2.24, 2.45) is 0 Å². The molecular formula is C20H21N5O. The van der Waals surface area contributed by atoms with Gasteiger partial charge in [-0.1, -0.05) is 18.2 Å². The van der Waals surface area contributed by atoms with Gasteiger partial charge in [-0.05, 0) is 44.2 Å². The van der Waals surface area contributed by atoms with Gasteiger partial charge in [-0.2, -0.15) is 5.10 Å². The lowest BCUT2D eigenvalue weighted by atomic mass is 9.77. The van der Waals surface area contributed by atoms with Gasteiger partial charge in [0, 0.05) is 30.1 Å². The number of fused-ring (bicyclic) bond motifs is 3. The highest BCUT2D eigenvalue weighted by molar-refractivity contribution is 6.04. The van der Waals surface area contributed by atoms with Gasteiger partial charge in [-0.25, -0.2) is 9.97 Å². The van der Waals surface area contributed by atoms with Gasteiger partial charge in [0.1, 0.15) is 5.82 Å². The maximum absolute atomic E-state index is 13.2. The number of hydrogen-bond donors (Lipinski definition) is 1. The van der Waals surface area contributed by atoms with Crippen molar-refractivity contribution >= 4 is 16.8 Å². The van der Waals surface area contributed by atoms with Gasteiger partial charge in [0.05, 0.1) is 11.2 Å². The van der Waals surface area contributed by atoms with Crippen molar-refractivity contribution in [1.82, 2.24) is 25.1 Å². The Morgan fingerprint density at radius 1 is 1.27 bits per heavy atom. The fraction of sp³-hybridized carbons (Fsp3) is 0.400. The summed E-state index contributed by atoms with van der Waals surface area (Å²) in [6.07, 6.45) is 6.10. The van der Waals surface area contributed by atoms with Crippen molar-refractivity contribution in [2.75, 3.05) is 13.1 Å². The van der Waals surface area contributed by atoms with E-state index in [1.54, 1.807) is 0 Å². The molecule has 1 saturated heterocycles. The van der Waals surface area contributed by atoms with Crippen molar-refractivity contribution in [1.29, 1.82) is 0 Å². The van der Waals surface area contributed by atoms with Crippen molar-refractivity contribution < 1.29 is 4.79 Å². The van der Waals surface area contributed by atoms with Crippen LogP contribution in [0.5, 0.6) is 0 Å². The number of para-hydroxylation sites is 1. The number of likely N-dealkylation sites (tertiary alicyclic amines) is 1. The minimum atomic E-state index is -0.0247. The summed E-state index contributed by atoms with van der Waals surface area (Å²) in [4.78, 5) is 24.3. The van der Waals surface area contributed by atoms with Crippen LogP contribution < -0.4 is 0 Å². The van der Waals surface area contributed by atoms with E-state index in [1.165, 1.54) is 5.56 Å². The molecule has 1 aliphatic heterocycles. The molecule has 2 aromatic heterocycles. The third-order valence-electron chi connectivity index (χ3n) is 5.90. The average Bonchev–Trinajstić information content (AvgIpc) is 3.24. The Kier molecular flexibility index (Phi) is 3.35. The van der Waals surface area contributed by atoms with Gasteiger partial charge in [0.2, 0.25) is 0 Å². The van der Waals surface area contributed by atoms with E-state index in [0.717, 1.165) is 61.2 Å². The first-order valence-electron chi connectivity index (χ1n) is 9.22. The zero-order valence-corrected chi connectivity index (χ0v) is 14.8. The number of rotatable bonds is 1. The van der Waals surface area contributed by atoms with Crippen LogP contribution in [-0.2, 0) is 11.8 Å². The predicted molar refractivity (Wildman–Crippen MR) is 98.0 cm³/mol. The Bertz CT molecular complexity index is 1010. The SMILES string of the molecule is Cc1ncc2c(n1)C1(CCCN(C(=O)c3n[nH]c4ccccc34)C1)CC2. The average molecular weight is 347 g/mol.